The van der Waals surface area contributed by atoms with Crippen molar-refractivity contribution < 1.29 is 14.6 Å². The molecule has 0 spiro atoms. The number of hydrogen-bond donors (Lipinski definition) is 2. The molecule has 4 heteroatoms. The van der Waals surface area contributed by atoms with E-state index in [0.717, 1.165) is 17.2 Å². The van der Waals surface area contributed by atoms with Crippen LogP contribution >= 0.6 is 0 Å². The van der Waals surface area contributed by atoms with E-state index in [1.54, 1.807) is 19.1 Å². The average molecular weight is 315 g/mol. The summed E-state index contributed by atoms with van der Waals surface area (Å²) in [6.45, 7) is 11.2. The fourth-order valence-electron chi connectivity index (χ4n) is 2.07. The standard InChI is InChI=1S/C17H16FNO2.C2H6/c1-4-12-7-14(21)9-17(10(12)2)19-11(3)15-6-5-13(20)8-16(15)18;1-2/h4-9,20-21H,1H2,2-3H3;1-2H3. The number of rotatable bonds is 3. The number of aromatic hydroxyl groups is 2. The molecular formula is C19H22FNO2. The Morgan fingerprint density at radius 2 is 1.78 bits per heavy atom. The number of aliphatic imine (C=N–C) groups is 1. The van der Waals surface area contributed by atoms with Crippen LogP contribution in [-0.4, -0.2) is 15.9 Å². The molecule has 0 atom stereocenters. The number of halogens is 1. The predicted octanol–water partition coefficient (Wildman–Crippen LogP) is 5.36. The summed E-state index contributed by atoms with van der Waals surface area (Å²) in [5, 5.41) is 18.9. The van der Waals surface area contributed by atoms with Gasteiger partial charge in [-0.05, 0) is 43.2 Å². The number of phenolic OH excluding ortho intramolecular Hbond substituents is 2. The topological polar surface area (TPSA) is 52.8 Å². The minimum Gasteiger partial charge on any atom is -0.508 e. The largest absolute Gasteiger partial charge is 0.508 e. The van der Waals surface area contributed by atoms with Crippen molar-refractivity contribution in [1.29, 1.82) is 0 Å². The van der Waals surface area contributed by atoms with E-state index in [0.29, 0.717) is 17.0 Å². The molecule has 122 valence electrons. The molecule has 0 saturated carbocycles. The fraction of sp³-hybridized carbons (Fsp3) is 0.211. The van der Waals surface area contributed by atoms with Gasteiger partial charge in [0.1, 0.15) is 17.3 Å². The van der Waals surface area contributed by atoms with E-state index in [2.05, 4.69) is 11.6 Å². The number of benzene rings is 2. The highest BCUT2D eigenvalue weighted by Gasteiger charge is 2.09. The summed E-state index contributed by atoms with van der Waals surface area (Å²) in [6.07, 6.45) is 1.63. The summed E-state index contributed by atoms with van der Waals surface area (Å²) in [4.78, 5) is 4.38. The second kappa shape index (κ2) is 8.13. The zero-order chi connectivity index (χ0) is 17.6. The summed E-state index contributed by atoms with van der Waals surface area (Å²) < 4.78 is 13.8. The molecule has 2 N–H and O–H groups in total. The molecule has 0 amide bonds. The Morgan fingerprint density at radius 1 is 1.13 bits per heavy atom. The minimum atomic E-state index is -0.544. The van der Waals surface area contributed by atoms with E-state index in [-0.39, 0.29) is 11.5 Å². The maximum absolute atomic E-state index is 13.8. The van der Waals surface area contributed by atoms with Crippen LogP contribution in [0, 0.1) is 12.7 Å². The smallest absolute Gasteiger partial charge is 0.135 e. The van der Waals surface area contributed by atoms with Gasteiger partial charge < -0.3 is 10.2 Å². The Balaban J connectivity index is 0.00000127. The Hall–Kier alpha value is -2.62. The van der Waals surface area contributed by atoms with Crippen molar-refractivity contribution in [2.24, 2.45) is 4.99 Å². The van der Waals surface area contributed by atoms with Crippen LogP contribution in [0.15, 0.2) is 41.9 Å². The van der Waals surface area contributed by atoms with E-state index in [1.165, 1.54) is 18.2 Å². The van der Waals surface area contributed by atoms with Crippen LogP contribution in [0.1, 0.15) is 37.5 Å². The lowest BCUT2D eigenvalue weighted by molar-refractivity contribution is 0.469. The third-order valence-corrected chi connectivity index (χ3v) is 3.26. The van der Waals surface area contributed by atoms with Gasteiger partial charge in [-0.2, -0.15) is 0 Å². The molecule has 2 aromatic carbocycles. The van der Waals surface area contributed by atoms with E-state index in [1.807, 2.05) is 20.8 Å². The van der Waals surface area contributed by atoms with E-state index in [4.69, 9.17) is 0 Å². The van der Waals surface area contributed by atoms with Gasteiger partial charge in [0, 0.05) is 23.4 Å². The molecule has 0 aliphatic rings. The van der Waals surface area contributed by atoms with Crippen LogP contribution in [0.4, 0.5) is 10.1 Å². The Labute approximate surface area is 136 Å². The highest BCUT2D eigenvalue weighted by molar-refractivity contribution is 6.00. The zero-order valence-corrected chi connectivity index (χ0v) is 13.9. The highest BCUT2D eigenvalue weighted by atomic mass is 19.1. The molecule has 0 aromatic heterocycles. The lowest BCUT2D eigenvalue weighted by Gasteiger charge is -2.08. The monoisotopic (exact) mass is 315 g/mol. The lowest BCUT2D eigenvalue weighted by atomic mass is 10.1. The van der Waals surface area contributed by atoms with Gasteiger partial charge in [-0.3, -0.25) is 4.99 Å². The first-order valence-electron chi connectivity index (χ1n) is 7.42. The quantitative estimate of drug-likeness (QED) is 0.750. The van der Waals surface area contributed by atoms with Crippen LogP contribution in [0.5, 0.6) is 11.5 Å². The molecule has 0 fully saturated rings. The molecule has 0 unspecified atom stereocenters. The van der Waals surface area contributed by atoms with Crippen LogP contribution in [0.25, 0.3) is 6.08 Å². The van der Waals surface area contributed by atoms with E-state index < -0.39 is 5.82 Å². The Kier molecular flexibility index (Phi) is 6.51. The maximum Gasteiger partial charge on any atom is 0.135 e. The van der Waals surface area contributed by atoms with Gasteiger partial charge in [0.25, 0.3) is 0 Å². The molecule has 3 nitrogen and oxygen atoms in total. The second-order valence-electron chi connectivity index (χ2n) is 4.74. The van der Waals surface area contributed by atoms with Gasteiger partial charge in [0.2, 0.25) is 0 Å². The molecule has 0 bridgehead atoms. The Bertz CT molecular complexity index is 736. The van der Waals surface area contributed by atoms with Gasteiger partial charge in [-0.25, -0.2) is 4.39 Å². The fourth-order valence-corrected chi connectivity index (χ4v) is 2.07. The van der Waals surface area contributed by atoms with Gasteiger partial charge >= 0.3 is 0 Å². The van der Waals surface area contributed by atoms with Crippen molar-refractivity contribution in [1.82, 2.24) is 0 Å². The van der Waals surface area contributed by atoms with Crippen LogP contribution < -0.4 is 0 Å². The van der Waals surface area contributed by atoms with E-state index in [9.17, 15) is 14.6 Å². The van der Waals surface area contributed by atoms with E-state index >= 15 is 0 Å². The van der Waals surface area contributed by atoms with Crippen LogP contribution in [0.3, 0.4) is 0 Å². The van der Waals surface area contributed by atoms with Crippen molar-refractivity contribution >= 4 is 17.5 Å². The molecule has 2 aromatic rings. The summed E-state index contributed by atoms with van der Waals surface area (Å²) >= 11 is 0. The van der Waals surface area contributed by atoms with Crippen molar-refractivity contribution in [3.8, 4) is 11.5 Å². The third-order valence-electron chi connectivity index (χ3n) is 3.26. The van der Waals surface area contributed by atoms with Gasteiger partial charge in [0.05, 0.1) is 5.69 Å². The molecule has 23 heavy (non-hydrogen) atoms. The minimum absolute atomic E-state index is 0.0771. The van der Waals surface area contributed by atoms with Gasteiger partial charge in [-0.15, -0.1) is 0 Å². The van der Waals surface area contributed by atoms with Crippen molar-refractivity contribution in [3.63, 3.8) is 0 Å². The first kappa shape index (κ1) is 18.4. The average Bonchev–Trinajstić information content (AvgIpc) is 2.52. The zero-order valence-electron chi connectivity index (χ0n) is 13.9. The molecule has 0 radical (unpaired) electrons. The van der Waals surface area contributed by atoms with Crippen molar-refractivity contribution in [2.75, 3.05) is 0 Å². The molecular weight excluding hydrogens is 293 g/mol. The van der Waals surface area contributed by atoms with Crippen LogP contribution in [-0.2, 0) is 0 Å². The predicted molar refractivity (Wildman–Crippen MR) is 94.2 cm³/mol. The van der Waals surface area contributed by atoms with Gasteiger partial charge in [0.15, 0.2) is 0 Å². The molecule has 0 saturated heterocycles. The lowest BCUT2D eigenvalue weighted by Crippen LogP contribution is -1.98. The normalized spacial score (nSPS) is 10.7. The number of phenols is 2. The third kappa shape index (κ3) is 4.42. The summed E-state index contributed by atoms with van der Waals surface area (Å²) in [5.74, 6) is -0.599. The van der Waals surface area contributed by atoms with Gasteiger partial charge in [-0.1, -0.05) is 26.5 Å². The highest BCUT2D eigenvalue weighted by Crippen LogP contribution is 2.29. The molecule has 0 aliphatic carbocycles. The Morgan fingerprint density at radius 3 is 2.35 bits per heavy atom. The molecule has 0 aliphatic heterocycles. The summed E-state index contributed by atoms with van der Waals surface area (Å²) in [7, 11) is 0. The molecule has 0 heterocycles. The first-order chi connectivity index (χ1) is 10.9. The maximum atomic E-state index is 13.8. The van der Waals surface area contributed by atoms with Crippen molar-refractivity contribution in [2.45, 2.75) is 27.7 Å². The summed E-state index contributed by atoms with van der Waals surface area (Å²) in [5.41, 5.74) is 2.93. The summed E-state index contributed by atoms with van der Waals surface area (Å²) in [6, 6.07) is 7.03. The number of nitrogens with zero attached hydrogens (tertiary/aromatic N) is 1. The second-order valence-corrected chi connectivity index (χ2v) is 4.74. The SMILES string of the molecule is C=Cc1cc(O)cc(N=C(C)c2ccc(O)cc2F)c1C.CC. The van der Waals surface area contributed by atoms with Crippen molar-refractivity contribution in [3.05, 3.63) is 59.4 Å². The first-order valence-corrected chi connectivity index (χ1v) is 7.42. The molecule has 2 rings (SSSR count). The number of hydrogen-bond acceptors (Lipinski definition) is 3. The van der Waals surface area contributed by atoms with Crippen LogP contribution in [0.2, 0.25) is 0 Å².